The van der Waals surface area contributed by atoms with Crippen molar-refractivity contribution in [3.05, 3.63) is 23.0 Å². The number of hydrogen-bond donors (Lipinski definition) is 0. The Kier molecular flexibility index (Phi) is 2.28. The van der Waals surface area contributed by atoms with Gasteiger partial charge in [-0.15, -0.1) is 10.2 Å². The predicted octanol–water partition coefficient (Wildman–Crippen LogP) is 2.27. The summed E-state index contributed by atoms with van der Waals surface area (Å²) in [7, 11) is 0. The first kappa shape index (κ1) is 9.65. The van der Waals surface area contributed by atoms with E-state index in [-0.39, 0.29) is 0 Å². The molecule has 0 N–H and O–H groups in total. The number of para-hydroxylation sites is 1. The Hall–Kier alpha value is -1.56. The van der Waals surface area contributed by atoms with Crippen molar-refractivity contribution < 1.29 is 13.9 Å². The summed E-state index contributed by atoms with van der Waals surface area (Å²) in [5, 5.41) is 7.64. The van der Waals surface area contributed by atoms with E-state index in [0.717, 1.165) is 5.56 Å². The first-order chi connectivity index (χ1) is 7.84. The van der Waals surface area contributed by atoms with Gasteiger partial charge in [0, 0.05) is 15.9 Å². The van der Waals surface area contributed by atoms with Crippen LogP contribution < -0.4 is 9.47 Å². The first-order valence-corrected chi connectivity index (χ1v) is 5.52. The van der Waals surface area contributed by atoms with Gasteiger partial charge in [0.15, 0.2) is 11.5 Å². The fourth-order valence-electron chi connectivity index (χ4n) is 1.56. The highest BCUT2D eigenvalue weighted by Gasteiger charge is 2.20. The number of nitrogens with zero attached hydrogens (tertiary/aromatic N) is 2. The Morgan fingerprint density at radius 3 is 2.81 bits per heavy atom. The second-order valence-electron chi connectivity index (χ2n) is 3.19. The van der Waals surface area contributed by atoms with Gasteiger partial charge in [-0.25, -0.2) is 0 Å². The fourth-order valence-corrected chi connectivity index (χ4v) is 1.79. The van der Waals surface area contributed by atoms with E-state index in [0.29, 0.717) is 35.4 Å². The molecule has 5 nitrogen and oxygen atoms in total. The van der Waals surface area contributed by atoms with Crippen molar-refractivity contribution in [2.45, 2.75) is 0 Å². The summed E-state index contributed by atoms with van der Waals surface area (Å²) in [5.74, 6) is 1.78. The maximum atomic E-state index is 5.55. The Labute approximate surface area is 99.5 Å². The molecule has 1 aliphatic heterocycles. The zero-order chi connectivity index (χ0) is 11.0. The average Bonchev–Trinajstić information content (AvgIpc) is 2.75. The highest BCUT2D eigenvalue weighted by atomic mass is 79.9. The summed E-state index contributed by atoms with van der Waals surface area (Å²) in [6.45, 7) is 1.09. The molecule has 0 fully saturated rings. The highest BCUT2D eigenvalue weighted by molar-refractivity contribution is 9.10. The quantitative estimate of drug-likeness (QED) is 0.803. The first-order valence-electron chi connectivity index (χ1n) is 4.72. The molecule has 0 saturated heterocycles. The Bertz CT molecular complexity index is 527. The highest BCUT2D eigenvalue weighted by Crippen LogP contribution is 2.39. The van der Waals surface area contributed by atoms with E-state index in [2.05, 4.69) is 26.1 Å². The number of halogens is 1. The van der Waals surface area contributed by atoms with Crippen LogP contribution in [-0.2, 0) is 0 Å². The number of hydrogen-bond acceptors (Lipinski definition) is 5. The van der Waals surface area contributed by atoms with Crippen LogP contribution in [0.25, 0.3) is 11.5 Å². The van der Waals surface area contributed by atoms with Crippen LogP contribution in [0, 0.1) is 0 Å². The lowest BCUT2D eigenvalue weighted by Crippen LogP contribution is -2.15. The van der Waals surface area contributed by atoms with Gasteiger partial charge in [0.25, 0.3) is 10.7 Å². The lowest BCUT2D eigenvalue weighted by molar-refractivity contribution is 0.172. The third kappa shape index (κ3) is 1.55. The SMILES string of the molecule is Brc1nnc(-c2cccc3c2OCCO3)o1. The zero-order valence-corrected chi connectivity index (χ0v) is 9.73. The minimum Gasteiger partial charge on any atom is -0.486 e. The van der Waals surface area contributed by atoms with Gasteiger partial charge in [0.1, 0.15) is 13.2 Å². The topological polar surface area (TPSA) is 57.4 Å². The summed E-state index contributed by atoms with van der Waals surface area (Å²) in [4.78, 5) is 0.344. The molecule has 3 rings (SSSR count). The number of ether oxygens (including phenoxy) is 2. The minimum absolute atomic E-state index is 0.344. The molecule has 0 saturated carbocycles. The van der Waals surface area contributed by atoms with Gasteiger partial charge < -0.3 is 13.9 Å². The summed E-state index contributed by atoms with van der Waals surface area (Å²) in [6.07, 6.45) is 0. The average molecular weight is 283 g/mol. The number of benzene rings is 1. The lowest BCUT2D eigenvalue weighted by Gasteiger charge is -2.19. The molecule has 0 atom stereocenters. The summed E-state index contributed by atoms with van der Waals surface area (Å²) in [6, 6.07) is 5.57. The maximum absolute atomic E-state index is 5.55. The van der Waals surface area contributed by atoms with Crippen molar-refractivity contribution in [1.29, 1.82) is 0 Å². The van der Waals surface area contributed by atoms with Gasteiger partial charge in [-0.3, -0.25) is 0 Å². The molecule has 2 aromatic rings. The van der Waals surface area contributed by atoms with Crippen LogP contribution in [0.4, 0.5) is 0 Å². The monoisotopic (exact) mass is 282 g/mol. The molecular weight excluding hydrogens is 276 g/mol. The Balaban J connectivity index is 2.13. The van der Waals surface area contributed by atoms with Crippen molar-refractivity contribution >= 4 is 15.9 Å². The third-order valence-electron chi connectivity index (χ3n) is 2.20. The van der Waals surface area contributed by atoms with Crippen molar-refractivity contribution in [3.8, 4) is 23.0 Å². The van der Waals surface area contributed by atoms with Crippen LogP contribution in [-0.4, -0.2) is 23.4 Å². The number of fused-ring (bicyclic) bond motifs is 1. The Morgan fingerprint density at radius 1 is 1.12 bits per heavy atom. The summed E-state index contributed by atoms with van der Waals surface area (Å²) < 4.78 is 16.3. The van der Waals surface area contributed by atoms with Crippen LogP contribution >= 0.6 is 15.9 Å². The largest absolute Gasteiger partial charge is 0.486 e. The fraction of sp³-hybridized carbons (Fsp3) is 0.200. The van der Waals surface area contributed by atoms with Gasteiger partial charge in [-0.2, -0.15) is 0 Å². The lowest BCUT2D eigenvalue weighted by atomic mass is 10.2. The zero-order valence-electron chi connectivity index (χ0n) is 8.14. The Morgan fingerprint density at radius 2 is 2.00 bits per heavy atom. The van der Waals surface area contributed by atoms with E-state index in [1.807, 2.05) is 18.2 Å². The molecule has 1 aromatic heterocycles. The van der Waals surface area contributed by atoms with Crippen LogP contribution in [0.2, 0.25) is 0 Å². The van der Waals surface area contributed by atoms with E-state index in [1.165, 1.54) is 0 Å². The van der Waals surface area contributed by atoms with Crippen molar-refractivity contribution in [3.63, 3.8) is 0 Å². The molecule has 0 radical (unpaired) electrons. The molecule has 0 spiro atoms. The minimum atomic E-state index is 0.344. The van der Waals surface area contributed by atoms with E-state index < -0.39 is 0 Å². The van der Waals surface area contributed by atoms with Crippen LogP contribution in [0.5, 0.6) is 11.5 Å². The van der Waals surface area contributed by atoms with Crippen molar-refractivity contribution in [2.24, 2.45) is 0 Å². The van der Waals surface area contributed by atoms with E-state index in [9.17, 15) is 0 Å². The van der Waals surface area contributed by atoms with E-state index >= 15 is 0 Å². The molecular formula is C10H7BrN2O3. The molecule has 0 bridgehead atoms. The molecule has 6 heteroatoms. The van der Waals surface area contributed by atoms with Crippen molar-refractivity contribution in [2.75, 3.05) is 13.2 Å². The smallest absolute Gasteiger partial charge is 0.285 e. The van der Waals surface area contributed by atoms with Gasteiger partial charge in [-0.1, -0.05) is 6.07 Å². The molecule has 16 heavy (non-hydrogen) atoms. The molecule has 0 aliphatic carbocycles. The van der Waals surface area contributed by atoms with Crippen molar-refractivity contribution in [1.82, 2.24) is 10.2 Å². The molecule has 1 aliphatic rings. The maximum Gasteiger partial charge on any atom is 0.285 e. The molecule has 0 amide bonds. The van der Waals surface area contributed by atoms with Crippen LogP contribution in [0.3, 0.4) is 0 Å². The summed E-state index contributed by atoms with van der Waals surface area (Å²) in [5.41, 5.74) is 0.746. The second kappa shape index (κ2) is 3.79. The second-order valence-corrected chi connectivity index (χ2v) is 3.87. The summed E-state index contributed by atoms with van der Waals surface area (Å²) >= 11 is 3.11. The standard InChI is InChI=1S/C10H7BrN2O3/c11-10-13-12-9(16-10)6-2-1-3-7-8(6)15-5-4-14-7/h1-3H,4-5H2. The van der Waals surface area contributed by atoms with E-state index in [4.69, 9.17) is 13.9 Å². The molecule has 2 heterocycles. The number of aromatic nitrogens is 2. The van der Waals surface area contributed by atoms with Crippen LogP contribution in [0.1, 0.15) is 0 Å². The van der Waals surface area contributed by atoms with Gasteiger partial charge in [-0.05, 0) is 12.1 Å². The van der Waals surface area contributed by atoms with Gasteiger partial charge in [0.05, 0.1) is 5.56 Å². The molecule has 0 unspecified atom stereocenters. The van der Waals surface area contributed by atoms with Crippen LogP contribution in [0.15, 0.2) is 27.4 Å². The third-order valence-corrected chi connectivity index (χ3v) is 2.52. The predicted molar refractivity (Wildman–Crippen MR) is 58.4 cm³/mol. The molecule has 1 aromatic carbocycles. The van der Waals surface area contributed by atoms with Gasteiger partial charge >= 0.3 is 0 Å². The normalized spacial score (nSPS) is 13.8. The number of rotatable bonds is 1. The van der Waals surface area contributed by atoms with E-state index in [1.54, 1.807) is 0 Å². The van der Waals surface area contributed by atoms with Gasteiger partial charge in [0.2, 0.25) is 0 Å². The molecule has 82 valence electrons.